The van der Waals surface area contributed by atoms with E-state index in [9.17, 15) is 19.2 Å². The van der Waals surface area contributed by atoms with Gasteiger partial charge in [0, 0.05) is 31.9 Å². The number of halogens is 2. The lowest BCUT2D eigenvalue weighted by atomic mass is 10.0. The Morgan fingerprint density at radius 2 is 1.98 bits per heavy atom. The molecule has 1 atom stereocenters. The highest BCUT2D eigenvalue weighted by Crippen LogP contribution is 2.37. The monoisotopic (exact) mass is 599 g/mol. The minimum Gasteiger partial charge on any atom is -0.496 e. The van der Waals surface area contributed by atoms with Gasteiger partial charge in [-0.25, -0.2) is 23.1 Å². The zero-order chi connectivity index (χ0) is 31.9. The summed E-state index contributed by atoms with van der Waals surface area (Å²) in [6.45, 7) is 11.2. The minimum atomic E-state index is -1.05. The van der Waals surface area contributed by atoms with Gasteiger partial charge in [-0.2, -0.15) is 10.2 Å². The lowest BCUT2D eigenvalue weighted by molar-refractivity contribution is -0.129. The van der Waals surface area contributed by atoms with Gasteiger partial charge in [-0.1, -0.05) is 26.5 Å². The number of fused-ring (bicyclic) bond motifs is 1. The number of aryl methyl sites for hydroxylation is 1. The number of benzene rings is 1. The van der Waals surface area contributed by atoms with E-state index in [0.29, 0.717) is 16.8 Å². The van der Waals surface area contributed by atoms with Crippen molar-refractivity contribution in [2.24, 2.45) is 0 Å². The molecule has 1 aliphatic heterocycles. The summed E-state index contributed by atoms with van der Waals surface area (Å²) in [7, 11) is 1.39. The number of carbonyl (C=O) groups is 1. The van der Waals surface area contributed by atoms with Crippen molar-refractivity contribution in [2.45, 2.75) is 39.7 Å². The third kappa shape index (κ3) is 5.15. The van der Waals surface area contributed by atoms with Gasteiger partial charge in [0.15, 0.2) is 11.5 Å². The highest BCUT2D eigenvalue weighted by molar-refractivity contribution is 5.93. The maximum absolute atomic E-state index is 15.4. The summed E-state index contributed by atoms with van der Waals surface area (Å²) in [4.78, 5) is 43.4. The molecule has 5 rings (SSSR count). The predicted octanol–water partition coefficient (Wildman–Crippen LogP) is 4.81. The summed E-state index contributed by atoms with van der Waals surface area (Å²) in [5, 5.41) is 10.6. The summed E-state index contributed by atoms with van der Waals surface area (Å²) in [5.41, 5.74) is 1.36. The van der Waals surface area contributed by atoms with Gasteiger partial charge in [-0.15, -0.1) is 0 Å². The number of hydrogen-bond donors (Lipinski definition) is 0. The molecule has 3 aromatic heterocycles. The Kier molecular flexibility index (Phi) is 8.15. The Morgan fingerprint density at radius 1 is 1.23 bits per heavy atom. The molecule has 1 saturated heterocycles. The van der Waals surface area contributed by atoms with Gasteiger partial charge in [-0.05, 0) is 49.6 Å². The number of aromatic nitrogens is 4. The number of anilines is 1. The summed E-state index contributed by atoms with van der Waals surface area (Å²) < 4.78 is 35.8. The number of pyridine rings is 2. The Labute approximate surface area is 252 Å². The topological polar surface area (TPSA) is 117 Å². The van der Waals surface area contributed by atoms with E-state index in [-0.39, 0.29) is 65.6 Å². The summed E-state index contributed by atoms with van der Waals surface area (Å²) >= 11 is 0. The first kappa shape index (κ1) is 30.3. The van der Waals surface area contributed by atoms with Gasteiger partial charge in [0.25, 0.3) is 5.91 Å². The van der Waals surface area contributed by atoms with Gasteiger partial charge in [0.2, 0.25) is 0 Å². The lowest BCUT2D eigenvalue weighted by Crippen LogP contribution is -2.54. The van der Waals surface area contributed by atoms with Crippen molar-refractivity contribution in [2.75, 3.05) is 31.6 Å². The summed E-state index contributed by atoms with van der Waals surface area (Å²) in [5.74, 6) is -2.17. The van der Waals surface area contributed by atoms with E-state index in [1.807, 2.05) is 32.6 Å². The molecule has 1 fully saturated rings. The van der Waals surface area contributed by atoms with Gasteiger partial charge in [0.05, 0.1) is 40.7 Å². The van der Waals surface area contributed by atoms with Crippen LogP contribution in [0.1, 0.15) is 43.5 Å². The number of nitriles is 1. The molecule has 0 saturated carbocycles. The van der Waals surface area contributed by atoms with Crippen LogP contribution in [0.5, 0.6) is 5.75 Å². The smallest absolute Gasteiger partial charge is 0.355 e. The fourth-order valence-corrected chi connectivity index (χ4v) is 5.64. The van der Waals surface area contributed by atoms with Crippen LogP contribution in [-0.4, -0.2) is 63.1 Å². The average molecular weight is 600 g/mol. The molecule has 0 bridgehead atoms. The molecule has 226 valence electrons. The zero-order valence-electron chi connectivity index (χ0n) is 25.1. The Hall–Kier alpha value is -5.18. The molecular weight excluding hydrogens is 568 g/mol. The zero-order valence-corrected chi connectivity index (χ0v) is 25.1. The van der Waals surface area contributed by atoms with Gasteiger partial charge < -0.3 is 14.5 Å². The second kappa shape index (κ2) is 11.8. The fourth-order valence-electron chi connectivity index (χ4n) is 5.64. The molecule has 10 nitrogen and oxygen atoms in total. The number of carbonyl (C=O) groups excluding carboxylic acids is 1. The van der Waals surface area contributed by atoms with E-state index in [1.165, 1.54) is 34.8 Å². The van der Waals surface area contributed by atoms with Crippen molar-refractivity contribution in [3.63, 3.8) is 0 Å². The minimum absolute atomic E-state index is 0.00203. The predicted molar refractivity (Wildman–Crippen MR) is 162 cm³/mol. The lowest BCUT2D eigenvalue weighted by Gasteiger charge is -2.40. The molecule has 0 radical (unpaired) electrons. The first-order valence-electron chi connectivity index (χ1n) is 14.0. The van der Waals surface area contributed by atoms with E-state index in [1.54, 1.807) is 18.3 Å². The Bertz CT molecular complexity index is 1920. The highest BCUT2D eigenvalue weighted by atomic mass is 19.1. The standard InChI is InChI=1S/C32H31F2N7O3/c1-17(2)26-28(18(3)10-11-36-26)41-30-22(14-21(15-35)27(37-30)25-23(34)8-7-9-24(25)44-6)29(38-32(41)43)40-13-12-39(16-19(40)4)31(42)20(5)33/h7-11,14,17,19H,5,12-13,16H2,1-4,6H3/t19-/m0/s1. The fraction of sp³-hybridized carbons (Fsp3) is 0.312. The van der Waals surface area contributed by atoms with Crippen molar-refractivity contribution in [1.29, 1.82) is 5.26 Å². The highest BCUT2D eigenvalue weighted by Gasteiger charge is 2.32. The molecule has 1 aliphatic rings. The molecule has 1 aromatic carbocycles. The maximum atomic E-state index is 15.4. The summed E-state index contributed by atoms with van der Waals surface area (Å²) in [6, 6.07) is 9.34. The van der Waals surface area contributed by atoms with Crippen molar-refractivity contribution >= 4 is 22.8 Å². The molecule has 0 unspecified atom stereocenters. The van der Waals surface area contributed by atoms with E-state index in [4.69, 9.17) is 9.72 Å². The van der Waals surface area contributed by atoms with Gasteiger partial charge >= 0.3 is 5.69 Å². The van der Waals surface area contributed by atoms with Crippen LogP contribution in [0.25, 0.3) is 28.0 Å². The molecular formula is C32H31F2N7O3. The quantitative estimate of drug-likeness (QED) is 0.290. The third-order valence-electron chi connectivity index (χ3n) is 7.74. The second-order valence-electron chi connectivity index (χ2n) is 11.0. The molecule has 0 spiro atoms. The van der Waals surface area contributed by atoms with Gasteiger partial charge in [0.1, 0.15) is 23.5 Å². The van der Waals surface area contributed by atoms with E-state index < -0.39 is 23.2 Å². The average Bonchev–Trinajstić information content (AvgIpc) is 2.99. The van der Waals surface area contributed by atoms with Crippen LogP contribution in [0.3, 0.4) is 0 Å². The number of ether oxygens (including phenoxy) is 1. The SMILES string of the molecule is C=C(F)C(=O)N1CCN(c2nc(=O)n(-c3c(C)ccnc3C(C)C)c3nc(-c4c(F)cccc4OC)c(C#N)cc23)[C@@H](C)C1. The number of rotatable bonds is 6. The number of nitrogens with zero attached hydrogens (tertiary/aromatic N) is 7. The number of hydrogen-bond acceptors (Lipinski definition) is 8. The van der Waals surface area contributed by atoms with Crippen molar-refractivity contribution < 1.29 is 18.3 Å². The van der Waals surface area contributed by atoms with Crippen LogP contribution in [0.2, 0.25) is 0 Å². The van der Waals surface area contributed by atoms with E-state index in [2.05, 4.69) is 22.6 Å². The van der Waals surface area contributed by atoms with Gasteiger partial charge in [-0.3, -0.25) is 9.78 Å². The van der Waals surface area contributed by atoms with E-state index in [0.717, 1.165) is 5.56 Å². The number of methoxy groups -OCH3 is 1. The summed E-state index contributed by atoms with van der Waals surface area (Å²) in [6.07, 6.45) is 1.66. The van der Waals surface area contributed by atoms with E-state index >= 15 is 4.39 Å². The molecule has 0 aliphatic carbocycles. The first-order chi connectivity index (χ1) is 21.0. The normalized spacial score (nSPS) is 15.0. The molecule has 12 heteroatoms. The van der Waals surface area contributed by atoms with Crippen molar-refractivity contribution in [3.05, 3.63) is 82.1 Å². The maximum Gasteiger partial charge on any atom is 0.355 e. The van der Waals surface area contributed by atoms with Crippen LogP contribution >= 0.6 is 0 Å². The Morgan fingerprint density at radius 3 is 2.61 bits per heavy atom. The molecule has 0 N–H and O–H groups in total. The second-order valence-corrected chi connectivity index (χ2v) is 11.0. The Balaban J connectivity index is 1.85. The van der Waals surface area contributed by atoms with Crippen molar-refractivity contribution in [1.82, 2.24) is 24.4 Å². The van der Waals surface area contributed by atoms with Crippen LogP contribution in [0.4, 0.5) is 14.6 Å². The molecule has 4 heterocycles. The van der Waals surface area contributed by atoms with Crippen LogP contribution < -0.4 is 15.3 Å². The molecule has 4 aromatic rings. The van der Waals surface area contributed by atoms with Crippen LogP contribution in [-0.2, 0) is 4.79 Å². The van der Waals surface area contributed by atoms with Crippen LogP contribution in [0, 0.1) is 24.1 Å². The number of piperazine rings is 1. The molecule has 44 heavy (non-hydrogen) atoms. The van der Waals surface area contributed by atoms with Crippen molar-refractivity contribution in [3.8, 4) is 28.8 Å². The van der Waals surface area contributed by atoms with Crippen LogP contribution in [0.15, 0.2) is 53.7 Å². The first-order valence-corrected chi connectivity index (χ1v) is 14.0. The largest absolute Gasteiger partial charge is 0.496 e. The molecule has 1 amide bonds. The third-order valence-corrected chi connectivity index (χ3v) is 7.74. The number of amides is 1.